The third-order valence-corrected chi connectivity index (χ3v) is 3.08. The smallest absolute Gasteiger partial charge is 0.421 e. The van der Waals surface area contributed by atoms with Crippen molar-refractivity contribution in [3.8, 4) is 6.01 Å². The maximum Gasteiger partial charge on any atom is 0.421 e. The molecule has 0 saturated carbocycles. The molecule has 106 valence electrons. The fraction of sp³-hybridized carbons (Fsp3) is 0.333. The molecule has 8 heteroatoms. The van der Waals surface area contributed by atoms with Gasteiger partial charge in [0, 0.05) is 0 Å². The van der Waals surface area contributed by atoms with Crippen molar-refractivity contribution in [2.24, 2.45) is 0 Å². The van der Waals surface area contributed by atoms with E-state index in [4.69, 9.17) is 21.7 Å². The Hall–Kier alpha value is -2.22. The van der Waals surface area contributed by atoms with Crippen LogP contribution in [0.3, 0.4) is 0 Å². The predicted octanol–water partition coefficient (Wildman–Crippen LogP) is 2.10. The topological polar surface area (TPSA) is 76.6 Å². The first kappa shape index (κ1) is 14.2. The molecule has 0 aromatic carbocycles. The third kappa shape index (κ3) is 2.55. The van der Waals surface area contributed by atoms with E-state index in [-0.39, 0.29) is 11.8 Å². The molecule has 1 aliphatic heterocycles. The number of carbonyl (C=O) groups is 1. The minimum Gasteiger partial charge on any atom is -0.467 e. The number of fused-ring (bicyclic) bond motifs is 1. The Morgan fingerprint density at radius 1 is 1.60 bits per heavy atom. The first-order valence-corrected chi connectivity index (χ1v) is 6.23. The van der Waals surface area contributed by atoms with Crippen molar-refractivity contribution < 1.29 is 14.3 Å². The van der Waals surface area contributed by atoms with Gasteiger partial charge in [-0.3, -0.25) is 0 Å². The van der Waals surface area contributed by atoms with Crippen LogP contribution in [0.4, 0.5) is 16.3 Å². The molecule has 0 fully saturated rings. The van der Waals surface area contributed by atoms with E-state index in [1.807, 2.05) is 0 Å². The van der Waals surface area contributed by atoms with Crippen LogP contribution in [0.1, 0.15) is 13.8 Å². The summed E-state index contributed by atoms with van der Waals surface area (Å²) in [6, 6.07) is -0.248. The summed E-state index contributed by atoms with van der Waals surface area (Å²) in [7, 11) is 1.45. The van der Waals surface area contributed by atoms with Gasteiger partial charge >= 0.3 is 12.1 Å². The number of ether oxygens (including phenoxy) is 2. The van der Waals surface area contributed by atoms with Crippen LogP contribution >= 0.6 is 12.2 Å². The summed E-state index contributed by atoms with van der Waals surface area (Å²) < 4.78 is 10.0. The van der Waals surface area contributed by atoms with E-state index < -0.39 is 12.1 Å². The molecule has 1 atom stereocenters. The average molecular weight is 294 g/mol. The van der Waals surface area contributed by atoms with E-state index >= 15 is 0 Å². The van der Waals surface area contributed by atoms with Gasteiger partial charge in [0.25, 0.3) is 0 Å². The second-order valence-electron chi connectivity index (χ2n) is 4.20. The molecule has 1 amide bonds. The standard InChI is InChI=1S/C12H14N4O3S/c1-6(2)19-12(17)16-7(3)10(20)14-8-5-13-11(18-4)15-9(8)16/h5,7H,1H2,2-4H3,(H,14,20). The molecule has 2 rings (SSSR count). The number of hydrogen-bond acceptors (Lipinski definition) is 6. The van der Waals surface area contributed by atoms with Gasteiger partial charge in [0.1, 0.15) is 10.7 Å². The number of nitrogens with zero attached hydrogens (tertiary/aromatic N) is 3. The molecule has 1 N–H and O–H groups in total. The summed E-state index contributed by atoms with van der Waals surface area (Å²) in [6.45, 7) is 6.91. The van der Waals surface area contributed by atoms with E-state index in [1.54, 1.807) is 13.8 Å². The van der Waals surface area contributed by atoms with E-state index in [1.165, 1.54) is 18.2 Å². The lowest BCUT2D eigenvalue weighted by Gasteiger charge is -2.33. The van der Waals surface area contributed by atoms with Gasteiger partial charge in [-0.2, -0.15) is 4.98 Å². The number of nitrogens with one attached hydrogen (secondary N) is 1. The molecule has 0 spiro atoms. The number of amides is 1. The highest BCUT2D eigenvalue weighted by Gasteiger charge is 2.35. The summed E-state index contributed by atoms with van der Waals surface area (Å²) in [5, 5.41) is 2.98. The second kappa shape index (κ2) is 5.41. The van der Waals surface area contributed by atoms with Crippen LogP contribution < -0.4 is 15.0 Å². The van der Waals surface area contributed by atoms with E-state index in [0.717, 1.165) is 0 Å². The number of aromatic nitrogens is 2. The summed E-state index contributed by atoms with van der Waals surface area (Å²) in [6.07, 6.45) is 0.899. The molecule has 0 bridgehead atoms. The fourth-order valence-corrected chi connectivity index (χ4v) is 1.92. The van der Waals surface area contributed by atoms with E-state index in [9.17, 15) is 4.79 Å². The molecule has 0 radical (unpaired) electrons. The maximum absolute atomic E-state index is 12.2. The number of thiocarbonyl (C=S) groups is 1. The van der Waals surface area contributed by atoms with Crippen LogP contribution in [-0.4, -0.2) is 34.2 Å². The number of carbonyl (C=O) groups excluding carboxylic acids is 1. The van der Waals surface area contributed by atoms with Crippen molar-refractivity contribution in [1.82, 2.24) is 9.97 Å². The van der Waals surface area contributed by atoms with Crippen LogP contribution in [-0.2, 0) is 4.74 Å². The molecule has 7 nitrogen and oxygen atoms in total. The first-order valence-electron chi connectivity index (χ1n) is 5.82. The van der Waals surface area contributed by atoms with Crippen molar-refractivity contribution in [3.05, 3.63) is 18.5 Å². The van der Waals surface area contributed by atoms with Crippen LogP contribution in [0.25, 0.3) is 0 Å². The summed E-state index contributed by atoms with van der Waals surface area (Å²) in [4.78, 5) is 22.1. The van der Waals surface area contributed by atoms with Crippen molar-refractivity contribution in [2.45, 2.75) is 19.9 Å². The normalized spacial score (nSPS) is 17.1. The lowest BCUT2D eigenvalue weighted by molar-refractivity contribution is 0.183. The third-order valence-electron chi connectivity index (χ3n) is 2.64. The SMILES string of the molecule is C=C(C)OC(=O)N1c2nc(OC)ncc2NC(=S)C1C. The zero-order valence-electron chi connectivity index (χ0n) is 11.3. The minimum atomic E-state index is -0.601. The minimum absolute atomic E-state index is 0.152. The Bertz CT molecular complexity index is 590. The quantitative estimate of drug-likeness (QED) is 0.661. The van der Waals surface area contributed by atoms with Crippen molar-refractivity contribution >= 4 is 34.8 Å². The van der Waals surface area contributed by atoms with Crippen LogP contribution in [0.5, 0.6) is 6.01 Å². The molecule has 2 heterocycles. The largest absolute Gasteiger partial charge is 0.467 e. The van der Waals surface area contributed by atoms with Gasteiger partial charge in [-0.25, -0.2) is 14.7 Å². The molecule has 1 unspecified atom stereocenters. The molecule has 1 aromatic rings. The predicted molar refractivity (Wildman–Crippen MR) is 78.0 cm³/mol. The zero-order chi connectivity index (χ0) is 14.9. The van der Waals surface area contributed by atoms with Gasteiger partial charge < -0.3 is 14.8 Å². The monoisotopic (exact) mass is 294 g/mol. The van der Waals surface area contributed by atoms with E-state index in [0.29, 0.717) is 16.5 Å². The Labute approximate surface area is 121 Å². The molecular formula is C12H14N4O3S. The first-order chi connectivity index (χ1) is 9.43. The Balaban J connectivity index is 2.47. The van der Waals surface area contributed by atoms with Crippen molar-refractivity contribution in [3.63, 3.8) is 0 Å². The molecule has 0 saturated heterocycles. The van der Waals surface area contributed by atoms with Gasteiger partial charge in [-0.15, -0.1) is 0 Å². The fourth-order valence-electron chi connectivity index (χ4n) is 1.71. The Morgan fingerprint density at radius 2 is 2.30 bits per heavy atom. The molecule has 1 aliphatic rings. The van der Waals surface area contributed by atoms with Crippen LogP contribution in [0.15, 0.2) is 18.5 Å². The number of methoxy groups -OCH3 is 1. The van der Waals surface area contributed by atoms with Gasteiger partial charge in [-0.05, 0) is 13.8 Å². The molecule has 20 heavy (non-hydrogen) atoms. The number of allylic oxidation sites excluding steroid dienone is 1. The number of anilines is 2. The van der Waals surface area contributed by atoms with Gasteiger partial charge in [0.05, 0.1) is 25.1 Å². The summed E-state index contributed by atoms with van der Waals surface area (Å²) in [5.41, 5.74) is 0.521. The molecular weight excluding hydrogens is 280 g/mol. The van der Waals surface area contributed by atoms with Crippen LogP contribution in [0.2, 0.25) is 0 Å². The average Bonchev–Trinajstić information content (AvgIpc) is 2.38. The second-order valence-corrected chi connectivity index (χ2v) is 4.64. The summed E-state index contributed by atoms with van der Waals surface area (Å²) in [5.74, 6) is 0.637. The lowest BCUT2D eigenvalue weighted by atomic mass is 10.2. The summed E-state index contributed by atoms with van der Waals surface area (Å²) >= 11 is 5.21. The highest BCUT2D eigenvalue weighted by Crippen LogP contribution is 2.32. The molecule has 0 aliphatic carbocycles. The highest BCUT2D eigenvalue weighted by atomic mass is 32.1. The molecule has 1 aromatic heterocycles. The number of rotatable bonds is 2. The lowest BCUT2D eigenvalue weighted by Crippen LogP contribution is -2.49. The van der Waals surface area contributed by atoms with Crippen LogP contribution in [0, 0.1) is 0 Å². The van der Waals surface area contributed by atoms with Gasteiger partial charge in [0.15, 0.2) is 5.82 Å². The van der Waals surface area contributed by atoms with E-state index in [2.05, 4.69) is 21.9 Å². The zero-order valence-corrected chi connectivity index (χ0v) is 12.2. The van der Waals surface area contributed by atoms with Crippen molar-refractivity contribution in [2.75, 3.05) is 17.3 Å². The van der Waals surface area contributed by atoms with Gasteiger partial charge in [-0.1, -0.05) is 18.8 Å². The number of hydrogen-bond donors (Lipinski definition) is 1. The Morgan fingerprint density at radius 3 is 2.90 bits per heavy atom. The van der Waals surface area contributed by atoms with Crippen molar-refractivity contribution in [1.29, 1.82) is 0 Å². The maximum atomic E-state index is 12.2. The van der Waals surface area contributed by atoms with Gasteiger partial charge in [0.2, 0.25) is 0 Å². The highest BCUT2D eigenvalue weighted by molar-refractivity contribution is 7.80. The Kier molecular flexibility index (Phi) is 3.84.